The second-order valence-electron chi connectivity index (χ2n) is 6.13. The summed E-state index contributed by atoms with van der Waals surface area (Å²) in [6, 6.07) is 0. The normalized spacial score (nSPS) is 24.6. The third kappa shape index (κ3) is 3.37. The molecule has 4 heteroatoms. The smallest absolute Gasteiger partial charge is 0.410 e. The van der Waals surface area contributed by atoms with Crippen molar-refractivity contribution in [2.45, 2.75) is 52.2 Å². The first kappa shape index (κ1) is 13.8. The summed E-state index contributed by atoms with van der Waals surface area (Å²) in [6.07, 6.45) is 0.832. The lowest BCUT2D eigenvalue weighted by Gasteiger charge is -2.33. The second kappa shape index (κ2) is 4.55. The Morgan fingerprint density at radius 2 is 2.06 bits per heavy atom. The molecule has 0 bridgehead atoms. The maximum atomic E-state index is 12.0. The number of alkyl halides is 1. The first-order chi connectivity index (χ1) is 7.15. The Kier molecular flexibility index (Phi) is 3.93. The quantitative estimate of drug-likeness (QED) is 0.693. The van der Waals surface area contributed by atoms with Crippen molar-refractivity contribution in [1.29, 1.82) is 0 Å². The van der Waals surface area contributed by atoms with Crippen LogP contribution in [0.3, 0.4) is 0 Å². The van der Waals surface area contributed by atoms with E-state index < -0.39 is 5.60 Å². The highest BCUT2D eigenvalue weighted by Crippen LogP contribution is 2.34. The van der Waals surface area contributed by atoms with Crippen molar-refractivity contribution in [3.8, 4) is 0 Å². The number of nitrogens with zero attached hydrogens (tertiary/aromatic N) is 1. The summed E-state index contributed by atoms with van der Waals surface area (Å²) in [5.74, 6) is 0.530. The van der Waals surface area contributed by atoms with Gasteiger partial charge >= 0.3 is 6.09 Å². The molecule has 0 aromatic carbocycles. The molecule has 0 aromatic rings. The number of carbonyl (C=O) groups is 1. The van der Waals surface area contributed by atoms with Crippen LogP contribution in [0, 0.1) is 5.92 Å². The van der Waals surface area contributed by atoms with E-state index in [0.717, 1.165) is 18.3 Å². The summed E-state index contributed by atoms with van der Waals surface area (Å²) in [5, 5.41) is 0.940. The third-order valence-electron chi connectivity index (χ3n) is 2.79. The maximum Gasteiger partial charge on any atom is 0.410 e. The van der Waals surface area contributed by atoms with Gasteiger partial charge in [0.25, 0.3) is 0 Å². The van der Waals surface area contributed by atoms with Gasteiger partial charge < -0.3 is 9.64 Å². The lowest BCUT2D eigenvalue weighted by molar-refractivity contribution is 0.0132. The fourth-order valence-corrected chi connectivity index (χ4v) is 2.56. The molecule has 1 aliphatic heterocycles. The molecular weight excluding hydrogens is 270 g/mol. The van der Waals surface area contributed by atoms with Crippen LogP contribution in [0.1, 0.15) is 41.0 Å². The minimum Gasteiger partial charge on any atom is -0.444 e. The Balaban J connectivity index is 2.69. The molecule has 3 nitrogen and oxygen atoms in total. The van der Waals surface area contributed by atoms with Gasteiger partial charge in [-0.05, 0) is 47.0 Å². The summed E-state index contributed by atoms with van der Waals surface area (Å²) in [6.45, 7) is 10.7. The van der Waals surface area contributed by atoms with Crippen LogP contribution in [-0.4, -0.2) is 34.0 Å². The van der Waals surface area contributed by atoms with Gasteiger partial charge in [0.1, 0.15) is 5.60 Å². The van der Waals surface area contributed by atoms with Crippen molar-refractivity contribution in [3.63, 3.8) is 0 Å². The van der Waals surface area contributed by atoms with E-state index in [1.165, 1.54) is 0 Å². The van der Waals surface area contributed by atoms with Gasteiger partial charge in [-0.3, -0.25) is 0 Å². The lowest BCUT2D eigenvalue weighted by atomic mass is 9.98. The van der Waals surface area contributed by atoms with Crippen molar-refractivity contribution in [1.82, 2.24) is 4.90 Å². The predicted molar refractivity (Wildman–Crippen MR) is 68.9 cm³/mol. The molecule has 16 heavy (non-hydrogen) atoms. The zero-order valence-corrected chi connectivity index (χ0v) is 12.4. The number of hydrogen-bond acceptors (Lipinski definition) is 2. The first-order valence-electron chi connectivity index (χ1n) is 5.72. The van der Waals surface area contributed by atoms with Crippen molar-refractivity contribution in [3.05, 3.63) is 0 Å². The molecule has 0 aliphatic carbocycles. The predicted octanol–water partition coefficient (Wildman–Crippen LogP) is 3.42. The molecule has 1 heterocycles. The maximum absolute atomic E-state index is 12.0. The summed E-state index contributed by atoms with van der Waals surface area (Å²) >= 11 is 3.49. The fourth-order valence-electron chi connectivity index (χ4n) is 2.13. The summed E-state index contributed by atoms with van der Waals surface area (Å²) in [7, 11) is 0. The van der Waals surface area contributed by atoms with E-state index in [-0.39, 0.29) is 11.6 Å². The molecule has 0 aromatic heterocycles. The first-order valence-corrected chi connectivity index (χ1v) is 6.84. The van der Waals surface area contributed by atoms with Gasteiger partial charge in [0.15, 0.2) is 0 Å². The molecule has 1 unspecified atom stereocenters. The molecule has 1 rings (SSSR count). The molecule has 0 spiro atoms. The Morgan fingerprint density at radius 3 is 2.44 bits per heavy atom. The Labute approximate surface area is 107 Å². The summed E-state index contributed by atoms with van der Waals surface area (Å²) in [5.41, 5.74) is -0.513. The highest BCUT2D eigenvalue weighted by molar-refractivity contribution is 9.09. The van der Waals surface area contributed by atoms with Gasteiger partial charge in [-0.2, -0.15) is 0 Å². The van der Waals surface area contributed by atoms with Crippen LogP contribution >= 0.6 is 15.9 Å². The number of rotatable bonds is 1. The van der Waals surface area contributed by atoms with E-state index in [9.17, 15) is 4.79 Å². The van der Waals surface area contributed by atoms with Gasteiger partial charge in [-0.15, -0.1) is 0 Å². The van der Waals surface area contributed by atoms with Crippen LogP contribution < -0.4 is 0 Å². The van der Waals surface area contributed by atoms with E-state index in [4.69, 9.17) is 4.74 Å². The summed E-state index contributed by atoms with van der Waals surface area (Å²) < 4.78 is 5.42. The third-order valence-corrected chi connectivity index (χ3v) is 3.71. The van der Waals surface area contributed by atoms with Crippen molar-refractivity contribution >= 4 is 22.0 Å². The molecular formula is C12H22BrNO2. The second-order valence-corrected chi connectivity index (χ2v) is 6.78. The molecule has 1 aliphatic rings. The Bertz CT molecular complexity index is 271. The van der Waals surface area contributed by atoms with E-state index in [0.29, 0.717) is 5.92 Å². The lowest BCUT2D eigenvalue weighted by Crippen LogP contribution is -2.45. The van der Waals surface area contributed by atoms with Crippen LogP contribution in [0.25, 0.3) is 0 Å². The zero-order chi connectivity index (χ0) is 12.6. The van der Waals surface area contributed by atoms with Crippen LogP contribution in [0.2, 0.25) is 0 Å². The molecule has 0 radical (unpaired) electrons. The zero-order valence-electron chi connectivity index (χ0n) is 10.8. The molecule has 0 saturated carbocycles. The summed E-state index contributed by atoms with van der Waals surface area (Å²) in [4.78, 5) is 13.9. The van der Waals surface area contributed by atoms with E-state index in [1.807, 2.05) is 25.7 Å². The van der Waals surface area contributed by atoms with E-state index in [2.05, 4.69) is 29.8 Å². The number of halogens is 1. The largest absolute Gasteiger partial charge is 0.444 e. The highest BCUT2D eigenvalue weighted by atomic mass is 79.9. The highest BCUT2D eigenvalue weighted by Gasteiger charge is 2.42. The number of hydrogen-bond donors (Lipinski definition) is 0. The van der Waals surface area contributed by atoms with Crippen molar-refractivity contribution in [2.75, 3.05) is 11.9 Å². The van der Waals surface area contributed by atoms with Gasteiger partial charge in [0.05, 0.1) is 0 Å². The molecule has 1 saturated heterocycles. The average molecular weight is 292 g/mol. The Hall–Kier alpha value is -0.250. The molecule has 1 fully saturated rings. The molecule has 94 valence electrons. The SMILES string of the molecule is CC(C)(C)OC(=O)N1CC(CBr)CC1(C)C. The topological polar surface area (TPSA) is 29.5 Å². The minimum atomic E-state index is -0.417. The van der Waals surface area contributed by atoms with Gasteiger partial charge in [-0.1, -0.05) is 15.9 Å². The minimum absolute atomic E-state index is 0.0965. The number of amides is 1. The van der Waals surface area contributed by atoms with Gasteiger partial charge in [-0.25, -0.2) is 4.79 Å². The number of ether oxygens (including phenoxy) is 1. The van der Waals surface area contributed by atoms with Crippen LogP contribution in [0.4, 0.5) is 4.79 Å². The van der Waals surface area contributed by atoms with E-state index >= 15 is 0 Å². The van der Waals surface area contributed by atoms with Crippen molar-refractivity contribution < 1.29 is 9.53 Å². The van der Waals surface area contributed by atoms with Crippen LogP contribution in [0.15, 0.2) is 0 Å². The van der Waals surface area contributed by atoms with Crippen LogP contribution in [-0.2, 0) is 4.74 Å². The standard InChI is InChI=1S/C12H22BrNO2/c1-11(2,3)16-10(15)14-8-9(7-13)6-12(14,4)5/h9H,6-8H2,1-5H3. The van der Waals surface area contributed by atoms with Gasteiger partial charge in [0, 0.05) is 17.4 Å². The van der Waals surface area contributed by atoms with Crippen LogP contribution in [0.5, 0.6) is 0 Å². The van der Waals surface area contributed by atoms with Crippen molar-refractivity contribution in [2.24, 2.45) is 5.92 Å². The number of likely N-dealkylation sites (tertiary alicyclic amines) is 1. The Morgan fingerprint density at radius 1 is 1.50 bits per heavy atom. The molecule has 1 atom stereocenters. The molecule has 1 amide bonds. The number of carbonyl (C=O) groups excluding carboxylic acids is 1. The fraction of sp³-hybridized carbons (Fsp3) is 0.917. The monoisotopic (exact) mass is 291 g/mol. The van der Waals surface area contributed by atoms with E-state index in [1.54, 1.807) is 0 Å². The average Bonchev–Trinajstić information content (AvgIpc) is 2.37. The van der Waals surface area contributed by atoms with Gasteiger partial charge in [0.2, 0.25) is 0 Å². The molecule has 0 N–H and O–H groups in total.